The Morgan fingerprint density at radius 1 is 1.28 bits per heavy atom. The Labute approximate surface area is 175 Å². The first-order valence-electron chi connectivity index (χ1n) is 9.89. The summed E-state index contributed by atoms with van der Waals surface area (Å²) >= 11 is 6.22. The van der Waals surface area contributed by atoms with Crippen molar-refractivity contribution in [2.75, 3.05) is 38.5 Å². The molecule has 1 amide bonds. The second-order valence-corrected chi connectivity index (χ2v) is 7.92. The Kier molecular flexibility index (Phi) is 6.06. The molecule has 1 atom stereocenters. The van der Waals surface area contributed by atoms with E-state index in [2.05, 4.69) is 15.2 Å². The van der Waals surface area contributed by atoms with Crippen LogP contribution in [0.1, 0.15) is 23.2 Å². The van der Waals surface area contributed by atoms with Crippen molar-refractivity contribution in [2.45, 2.75) is 18.9 Å². The zero-order chi connectivity index (χ0) is 20.2. The number of benzene rings is 1. The van der Waals surface area contributed by atoms with E-state index in [1.54, 1.807) is 18.3 Å². The minimum Gasteiger partial charge on any atom is -0.486 e. The number of nitrogens with two attached hydrogens (primary N) is 1. The third kappa shape index (κ3) is 4.74. The van der Waals surface area contributed by atoms with Crippen molar-refractivity contribution in [3.05, 3.63) is 47.1 Å². The predicted molar refractivity (Wildman–Crippen MR) is 112 cm³/mol. The van der Waals surface area contributed by atoms with E-state index in [0.717, 1.165) is 32.5 Å². The van der Waals surface area contributed by atoms with Crippen molar-refractivity contribution in [1.29, 1.82) is 0 Å². The number of likely N-dealkylation sites (tertiary alicyclic amines) is 1. The highest BCUT2D eigenvalue weighted by Gasteiger charge is 2.27. The number of amides is 1. The molecule has 1 aromatic carbocycles. The SMILES string of the molecule is Nc1ncccc1C(=O)NCC1CCN(C[C@H]2COc3cccc(Cl)c3O2)CC1. The summed E-state index contributed by atoms with van der Waals surface area (Å²) in [7, 11) is 0. The standard InChI is InChI=1S/C21H25ClN4O3/c22-17-4-1-5-18-19(17)29-15(13-28-18)12-26-9-6-14(7-10-26)11-25-21(27)16-3-2-8-24-20(16)23/h1-5,8,14-15H,6-7,9-13H2,(H2,23,24)(H,25,27)/t15-/m0/s1. The Morgan fingerprint density at radius 3 is 2.90 bits per heavy atom. The number of para-hydroxylation sites is 1. The number of nitrogens with one attached hydrogen (secondary N) is 1. The van der Waals surface area contributed by atoms with Gasteiger partial charge in [0.25, 0.3) is 5.91 Å². The summed E-state index contributed by atoms with van der Waals surface area (Å²) in [5, 5.41) is 3.57. The van der Waals surface area contributed by atoms with Crippen LogP contribution in [0, 0.1) is 5.92 Å². The van der Waals surface area contributed by atoms with Crippen molar-refractivity contribution < 1.29 is 14.3 Å². The molecule has 0 aliphatic carbocycles. The molecule has 29 heavy (non-hydrogen) atoms. The summed E-state index contributed by atoms with van der Waals surface area (Å²) in [6, 6.07) is 8.95. The number of carbonyl (C=O) groups is 1. The second-order valence-electron chi connectivity index (χ2n) is 7.51. The Morgan fingerprint density at radius 2 is 2.10 bits per heavy atom. The smallest absolute Gasteiger partial charge is 0.255 e. The minimum atomic E-state index is -0.165. The number of anilines is 1. The zero-order valence-corrected chi connectivity index (χ0v) is 16.9. The molecule has 7 nitrogen and oxygen atoms in total. The van der Waals surface area contributed by atoms with Gasteiger partial charge in [-0.2, -0.15) is 0 Å². The van der Waals surface area contributed by atoms with Gasteiger partial charge in [-0.25, -0.2) is 4.98 Å². The van der Waals surface area contributed by atoms with Crippen LogP contribution in [-0.4, -0.2) is 54.7 Å². The fraction of sp³-hybridized carbons (Fsp3) is 0.429. The minimum absolute atomic E-state index is 0.0350. The number of piperidine rings is 1. The van der Waals surface area contributed by atoms with Crippen molar-refractivity contribution in [3.8, 4) is 11.5 Å². The summed E-state index contributed by atoms with van der Waals surface area (Å²) in [6.07, 6.45) is 3.59. The average Bonchev–Trinajstić information content (AvgIpc) is 2.74. The van der Waals surface area contributed by atoms with E-state index in [1.807, 2.05) is 18.2 Å². The molecule has 0 saturated carbocycles. The van der Waals surface area contributed by atoms with Gasteiger partial charge in [-0.05, 0) is 56.1 Å². The van der Waals surface area contributed by atoms with Gasteiger partial charge < -0.3 is 20.5 Å². The van der Waals surface area contributed by atoms with Crippen LogP contribution in [0.3, 0.4) is 0 Å². The van der Waals surface area contributed by atoms with E-state index >= 15 is 0 Å². The maximum atomic E-state index is 12.3. The predicted octanol–water partition coefficient (Wildman–Crippen LogP) is 2.60. The van der Waals surface area contributed by atoms with E-state index in [-0.39, 0.29) is 17.8 Å². The number of ether oxygens (including phenoxy) is 2. The van der Waals surface area contributed by atoms with Crippen LogP contribution in [0.4, 0.5) is 5.82 Å². The quantitative estimate of drug-likeness (QED) is 0.778. The Hall–Kier alpha value is -2.51. The van der Waals surface area contributed by atoms with Gasteiger partial charge in [-0.1, -0.05) is 17.7 Å². The number of carbonyl (C=O) groups excluding carboxylic acids is 1. The summed E-state index contributed by atoms with van der Waals surface area (Å²) in [5.74, 6) is 1.89. The molecule has 0 spiro atoms. The number of halogens is 1. The molecule has 1 fully saturated rings. The van der Waals surface area contributed by atoms with Gasteiger partial charge in [0.05, 0.1) is 10.6 Å². The van der Waals surface area contributed by atoms with Gasteiger partial charge in [0.2, 0.25) is 0 Å². The second kappa shape index (κ2) is 8.88. The van der Waals surface area contributed by atoms with Crippen LogP contribution in [0.15, 0.2) is 36.5 Å². The molecule has 1 saturated heterocycles. The maximum Gasteiger partial charge on any atom is 0.255 e. The van der Waals surface area contributed by atoms with Crippen LogP contribution < -0.4 is 20.5 Å². The van der Waals surface area contributed by atoms with Gasteiger partial charge >= 0.3 is 0 Å². The lowest BCUT2D eigenvalue weighted by Gasteiger charge is -2.35. The molecular weight excluding hydrogens is 392 g/mol. The largest absolute Gasteiger partial charge is 0.486 e. The van der Waals surface area contributed by atoms with Crippen molar-refractivity contribution in [3.63, 3.8) is 0 Å². The third-order valence-corrected chi connectivity index (χ3v) is 5.74. The van der Waals surface area contributed by atoms with E-state index in [9.17, 15) is 4.79 Å². The number of hydrogen-bond acceptors (Lipinski definition) is 6. The van der Waals surface area contributed by atoms with Gasteiger partial charge in [0.1, 0.15) is 18.5 Å². The molecule has 4 rings (SSSR count). The number of nitrogen functional groups attached to an aromatic ring is 1. The lowest BCUT2D eigenvalue weighted by molar-refractivity contribution is 0.0477. The normalized spacial score (nSPS) is 19.7. The van der Waals surface area contributed by atoms with E-state index in [4.69, 9.17) is 26.8 Å². The molecule has 2 aliphatic rings. The Balaban J connectivity index is 1.22. The first-order valence-corrected chi connectivity index (χ1v) is 10.3. The summed E-state index contributed by atoms with van der Waals surface area (Å²) in [4.78, 5) is 18.6. The Bertz CT molecular complexity index is 871. The van der Waals surface area contributed by atoms with Crippen LogP contribution >= 0.6 is 11.6 Å². The van der Waals surface area contributed by atoms with Gasteiger partial charge in [-0.3, -0.25) is 9.69 Å². The van der Waals surface area contributed by atoms with Crippen molar-refractivity contribution >= 4 is 23.3 Å². The first kappa shape index (κ1) is 19.8. The molecule has 0 bridgehead atoms. The van der Waals surface area contributed by atoms with E-state index < -0.39 is 0 Å². The molecule has 3 heterocycles. The van der Waals surface area contributed by atoms with Crippen LogP contribution in [-0.2, 0) is 0 Å². The van der Waals surface area contributed by atoms with Gasteiger partial charge in [0.15, 0.2) is 11.5 Å². The highest BCUT2D eigenvalue weighted by Crippen LogP contribution is 2.38. The third-order valence-electron chi connectivity index (χ3n) is 5.44. The molecule has 0 unspecified atom stereocenters. The first-order chi connectivity index (χ1) is 14.1. The van der Waals surface area contributed by atoms with E-state index in [0.29, 0.717) is 41.2 Å². The number of rotatable bonds is 5. The molecule has 3 N–H and O–H groups in total. The number of fused-ring (bicyclic) bond motifs is 1. The average molecular weight is 417 g/mol. The number of aromatic nitrogens is 1. The summed E-state index contributed by atoms with van der Waals surface area (Å²) in [5.41, 5.74) is 6.20. The van der Waals surface area contributed by atoms with Crippen LogP contribution in [0.25, 0.3) is 0 Å². The van der Waals surface area contributed by atoms with E-state index in [1.165, 1.54) is 0 Å². The van der Waals surface area contributed by atoms with Crippen LogP contribution in [0.5, 0.6) is 11.5 Å². The topological polar surface area (TPSA) is 89.7 Å². The van der Waals surface area contributed by atoms with Gasteiger partial charge in [0, 0.05) is 19.3 Å². The highest BCUT2D eigenvalue weighted by atomic mass is 35.5. The zero-order valence-electron chi connectivity index (χ0n) is 16.1. The van der Waals surface area contributed by atoms with Crippen molar-refractivity contribution in [2.24, 2.45) is 5.92 Å². The molecule has 0 radical (unpaired) electrons. The van der Waals surface area contributed by atoms with Crippen molar-refractivity contribution in [1.82, 2.24) is 15.2 Å². The maximum absolute atomic E-state index is 12.3. The fourth-order valence-electron chi connectivity index (χ4n) is 3.79. The summed E-state index contributed by atoms with van der Waals surface area (Å²) < 4.78 is 11.9. The lowest BCUT2D eigenvalue weighted by Crippen LogP contribution is -2.45. The van der Waals surface area contributed by atoms with Gasteiger partial charge in [-0.15, -0.1) is 0 Å². The number of hydrogen-bond donors (Lipinski definition) is 2. The highest BCUT2D eigenvalue weighted by molar-refractivity contribution is 6.32. The molecular formula is C21H25ClN4O3. The molecule has 8 heteroatoms. The number of pyridine rings is 1. The lowest BCUT2D eigenvalue weighted by atomic mass is 9.96. The molecule has 1 aromatic heterocycles. The molecule has 154 valence electrons. The fourth-order valence-corrected chi connectivity index (χ4v) is 4.00. The van der Waals surface area contributed by atoms with Crippen LogP contribution in [0.2, 0.25) is 5.02 Å². The molecule has 2 aromatic rings. The monoisotopic (exact) mass is 416 g/mol. The summed E-state index contributed by atoms with van der Waals surface area (Å²) in [6.45, 7) is 3.90. The molecule has 2 aliphatic heterocycles. The number of nitrogens with zero attached hydrogens (tertiary/aromatic N) is 2.